The third kappa shape index (κ3) is 3.73. The van der Waals surface area contributed by atoms with Crippen molar-refractivity contribution >= 4 is 33.8 Å². The summed E-state index contributed by atoms with van der Waals surface area (Å²) >= 11 is 1.39. The maximum absolute atomic E-state index is 12.7. The van der Waals surface area contributed by atoms with Crippen molar-refractivity contribution in [2.45, 2.75) is 25.8 Å². The zero-order chi connectivity index (χ0) is 18.6. The van der Waals surface area contributed by atoms with E-state index in [1.165, 1.54) is 11.3 Å². The highest BCUT2D eigenvalue weighted by Crippen LogP contribution is 2.35. The number of aryl methyl sites for hydroxylation is 1. The van der Waals surface area contributed by atoms with Crippen molar-refractivity contribution in [3.05, 3.63) is 71.2 Å². The Morgan fingerprint density at radius 3 is 2.48 bits per heavy atom. The Bertz CT molecular complexity index is 955. The fraction of sp³-hybridized carbons (Fsp3) is 0.200. The third-order valence-corrected chi connectivity index (χ3v) is 5.35. The Kier molecular flexibility index (Phi) is 4.93. The number of hydrazone groups is 1. The molecule has 0 radical (unpaired) electrons. The number of rotatable bonds is 5. The summed E-state index contributed by atoms with van der Waals surface area (Å²) in [6.07, 6.45) is 1.33. The van der Waals surface area contributed by atoms with Crippen LogP contribution in [0.1, 0.15) is 30.0 Å². The van der Waals surface area contributed by atoms with Gasteiger partial charge in [0.25, 0.3) is 5.91 Å². The lowest BCUT2D eigenvalue weighted by Gasteiger charge is -2.23. The molecule has 0 bridgehead atoms. The van der Waals surface area contributed by atoms with E-state index < -0.39 is 0 Å². The van der Waals surface area contributed by atoms with Crippen molar-refractivity contribution in [1.29, 1.82) is 0 Å². The lowest BCUT2D eigenvalue weighted by molar-refractivity contribution is -0.110. The number of carbonyl (C=O) groups is 1. The van der Waals surface area contributed by atoms with Crippen LogP contribution in [0.3, 0.4) is 0 Å². The lowest BCUT2D eigenvalue weighted by atomic mass is 10.0. The molecule has 1 aliphatic rings. The number of aromatic nitrogens is 2. The molecule has 1 N–H and O–H groups in total. The maximum atomic E-state index is 12.7. The Balaban J connectivity index is 1.60. The number of carbonyl (C=O) groups excluding carboxylic acids is 1. The van der Waals surface area contributed by atoms with Crippen molar-refractivity contribution < 1.29 is 4.79 Å². The number of amides is 1. The van der Waals surface area contributed by atoms with Crippen LogP contribution in [0.4, 0.5) is 10.8 Å². The summed E-state index contributed by atoms with van der Waals surface area (Å²) in [5, 5.41) is 18.9. The molecule has 136 valence electrons. The van der Waals surface area contributed by atoms with Crippen LogP contribution in [0.5, 0.6) is 0 Å². The average Bonchev–Trinajstić information content (AvgIpc) is 3.36. The number of hydrogen-bond acceptors (Lipinski definition) is 6. The highest BCUT2D eigenvalue weighted by molar-refractivity contribution is 7.15. The first-order valence-electron chi connectivity index (χ1n) is 8.85. The van der Waals surface area contributed by atoms with Gasteiger partial charge in [0.1, 0.15) is 10.7 Å². The highest BCUT2D eigenvalue weighted by Gasteiger charge is 2.32. The molecule has 0 saturated carbocycles. The van der Waals surface area contributed by atoms with E-state index in [-0.39, 0.29) is 11.9 Å². The SMILES string of the molecule is CCc1nnc(NC(=O)C2=NN(c3ccccc3)[C@@H](c3ccccc3)C2)s1. The van der Waals surface area contributed by atoms with Crippen molar-refractivity contribution in [3.63, 3.8) is 0 Å². The van der Waals surface area contributed by atoms with E-state index in [9.17, 15) is 4.79 Å². The van der Waals surface area contributed by atoms with Gasteiger partial charge in [-0.3, -0.25) is 15.1 Å². The Morgan fingerprint density at radius 1 is 1.11 bits per heavy atom. The molecule has 0 aliphatic carbocycles. The van der Waals surface area contributed by atoms with E-state index in [0.717, 1.165) is 22.7 Å². The molecule has 1 amide bonds. The lowest BCUT2D eigenvalue weighted by Crippen LogP contribution is -2.21. The molecule has 1 aromatic heterocycles. The standard InChI is InChI=1S/C20H19N5OS/c1-2-18-22-23-20(27-18)21-19(26)16-13-17(14-9-5-3-6-10-14)25(24-16)15-11-7-4-8-12-15/h3-12,17H,2,13H2,1H3,(H,21,23,26)/t17-/m1/s1. The second-order valence-corrected chi connectivity index (χ2v) is 7.23. The predicted octanol–water partition coefficient (Wildman–Crippen LogP) is 4.05. The van der Waals surface area contributed by atoms with E-state index in [2.05, 4.69) is 32.7 Å². The van der Waals surface area contributed by atoms with E-state index in [0.29, 0.717) is 17.3 Å². The fourth-order valence-corrected chi connectivity index (χ4v) is 3.69. The van der Waals surface area contributed by atoms with Crippen LogP contribution in [0.15, 0.2) is 65.8 Å². The number of para-hydroxylation sites is 1. The van der Waals surface area contributed by atoms with Gasteiger partial charge in [0, 0.05) is 6.42 Å². The minimum atomic E-state index is -0.229. The molecule has 4 rings (SSSR count). The number of hydrogen-bond donors (Lipinski definition) is 1. The molecule has 2 heterocycles. The van der Waals surface area contributed by atoms with Gasteiger partial charge in [-0.15, -0.1) is 10.2 Å². The summed E-state index contributed by atoms with van der Waals surface area (Å²) in [6, 6.07) is 20.0. The molecular weight excluding hydrogens is 358 g/mol. The van der Waals surface area contributed by atoms with Crippen molar-refractivity contribution in [2.24, 2.45) is 5.10 Å². The third-order valence-electron chi connectivity index (χ3n) is 4.37. The molecule has 0 unspecified atom stereocenters. The molecular formula is C20H19N5OS. The zero-order valence-electron chi connectivity index (χ0n) is 14.9. The first-order valence-corrected chi connectivity index (χ1v) is 9.66. The van der Waals surface area contributed by atoms with Crippen molar-refractivity contribution in [1.82, 2.24) is 10.2 Å². The van der Waals surface area contributed by atoms with E-state index in [1.807, 2.05) is 60.5 Å². The van der Waals surface area contributed by atoms with E-state index in [4.69, 9.17) is 0 Å². The van der Waals surface area contributed by atoms with Crippen LogP contribution >= 0.6 is 11.3 Å². The molecule has 0 spiro atoms. The molecule has 0 saturated heterocycles. The first kappa shape index (κ1) is 17.4. The zero-order valence-corrected chi connectivity index (χ0v) is 15.7. The topological polar surface area (TPSA) is 70.5 Å². The summed E-state index contributed by atoms with van der Waals surface area (Å²) in [5.74, 6) is -0.229. The monoisotopic (exact) mass is 377 g/mol. The minimum Gasteiger partial charge on any atom is -0.295 e. The first-order chi connectivity index (χ1) is 13.2. The molecule has 2 aromatic carbocycles. The van der Waals surface area contributed by atoms with Crippen LogP contribution < -0.4 is 10.3 Å². The van der Waals surface area contributed by atoms with Crippen LogP contribution in [-0.4, -0.2) is 21.8 Å². The fourth-order valence-electron chi connectivity index (χ4n) is 3.02. The largest absolute Gasteiger partial charge is 0.295 e. The van der Waals surface area contributed by atoms with Gasteiger partial charge >= 0.3 is 0 Å². The quantitative estimate of drug-likeness (QED) is 0.728. The van der Waals surface area contributed by atoms with Gasteiger partial charge in [-0.25, -0.2) is 0 Å². The Labute approximate surface area is 161 Å². The number of benzene rings is 2. The van der Waals surface area contributed by atoms with Gasteiger partial charge in [0.2, 0.25) is 5.13 Å². The van der Waals surface area contributed by atoms with Crippen LogP contribution in [0.25, 0.3) is 0 Å². The normalized spacial score (nSPS) is 16.3. The molecule has 0 fully saturated rings. The summed E-state index contributed by atoms with van der Waals surface area (Å²) < 4.78 is 0. The molecule has 1 atom stereocenters. The molecule has 7 heteroatoms. The second-order valence-electron chi connectivity index (χ2n) is 6.17. The molecule has 27 heavy (non-hydrogen) atoms. The molecule has 1 aliphatic heterocycles. The van der Waals surface area contributed by atoms with E-state index in [1.54, 1.807) is 0 Å². The van der Waals surface area contributed by atoms with Gasteiger partial charge < -0.3 is 0 Å². The minimum absolute atomic E-state index is 0.0185. The molecule has 6 nitrogen and oxygen atoms in total. The van der Waals surface area contributed by atoms with Crippen molar-refractivity contribution in [3.8, 4) is 0 Å². The number of anilines is 2. The summed E-state index contributed by atoms with van der Waals surface area (Å²) in [5.41, 5.74) is 2.57. The Hall–Kier alpha value is -3.06. The van der Waals surface area contributed by atoms with Gasteiger partial charge in [-0.05, 0) is 24.1 Å². The second kappa shape index (κ2) is 7.67. The van der Waals surface area contributed by atoms with Gasteiger partial charge in [0.05, 0.1) is 11.7 Å². The number of nitrogens with zero attached hydrogens (tertiary/aromatic N) is 4. The molecule has 3 aromatic rings. The van der Waals surface area contributed by atoms with Crippen LogP contribution in [-0.2, 0) is 11.2 Å². The Morgan fingerprint density at radius 2 is 1.81 bits per heavy atom. The van der Waals surface area contributed by atoms with Gasteiger partial charge in [-0.2, -0.15) is 5.10 Å². The summed E-state index contributed by atoms with van der Waals surface area (Å²) in [4.78, 5) is 12.7. The number of nitrogens with one attached hydrogen (secondary N) is 1. The van der Waals surface area contributed by atoms with Crippen LogP contribution in [0.2, 0.25) is 0 Å². The smallest absolute Gasteiger partial charge is 0.273 e. The predicted molar refractivity (Wildman–Crippen MR) is 108 cm³/mol. The van der Waals surface area contributed by atoms with Crippen LogP contribution in [0, 0.1) is 0 Å². The van der Waals surface area contributed by atoms with Gasteiger partial charge in [0.15, 0.2) is 0 Å². The average molecular weight is 377 g/mol. The highest BCUT2D eigenvalue weighted by atomic mass is 32.1. The van der Waals surface area contributed by atoms with E-state index >= 15 is 0 Å². The summed E-state index contributed by atoms with van der Waals surface area (Å²) in [7, 11) is 0. The van der Waals surface area contributed by atoms with Gasteiger partial charge in [-0.1, -0.05) is 66.8 Å². The summed E-state index contributed by atoms with van der Waals surface area (Å²) in [6.45, 7) is 2.01. The van der Waals surface area contributed by atoms with Crippen molar-refractivity contribution in [2.75, 3.05) is 10.3 Å². The maximum Gasteiger partial charge on any atom is 0.273 e.